The lowest BCUT2D eigenvalue weighted by Gasteiger charge is -2.30. The van der Waals surface area contributed by atoms with Gasteiger partial charge in [-0.1, -0.05) is 37.6 Å². The molecule has 1 N–H and O–H groups in total. The first-order valence-electron chi connectivity index (χ1n) is 7.68. The minimum absolute atomic E-state index is 0.159. The number of hydrogen-bond acceptors (Lipinski definition) is 2. The van der Waals surface area contributed by atoms with Gasteiger partial charge in [0.15, 0.2) is 0 Å². The molecule has 1 saturated carbocycles. The molecule has 0 aliphatic heterocycles. The van der Waals surface area contributed by atoms with Crippen LogP contribution in [0.4, 0.5) is 0 Å². The van der Waals surface area contributed by atoms with Crippen molar-refractivity contribution in [3.8, 4) is 0 Å². The van der Waals surface area contributed by atoms with Crippen molar-refractivity contribution in [3.05, 3.63) is 59.0 Å². The van der Waals surface area contributed by atoms with Crippen LogP contribution in [0.25, 0.3) is 0 Å². The van der Waals surface area contributed by atoms with Crippen LogP contribution < -0.4 is 5.32 Å². The van der Waals surface area contributed by atoms with Crippen molar-refractivity contribution >= 4 is 0 Å². The second kappa shape index (κ2) is 5.84. The molecule has 1 aromatic heterocycles. The maximum absolute atomic E-state index is 5.96. The van der Waals surface area contributed by atoms with Gasteiger partial charge in [-0.15, -0.1) is 0 Å². The standard InChI is InChI=1S/C18H23NO/c1-3-14-11-12-17(20-14)18(19-2)16-10-5-4-9-15(16)13-7-6-8-13/h4-5,9-13,18-19H,3,6-8H2,1-2H3. The molecule has 0 saturated heterocycles. The molecule has 20 heavy (non-hydrogen) atoms. The van der Waals surface area contributed by atoms with Gasteiger partial charge in [0, 0.05) is 6.42 Å². The first-order valence-corrected chi connectivity index (χ1v) is 7.68. The molecule has 0 bridgehead atoms. The summed E-state index contributed by atoms with van der Waals surface area (Å²) < 4.78 is 5.96. The normalized spacial score (nSPS) is 16.9. The summed E-state index contributed by atoms with van der Waals surface area (Å²) in [5, 5.41) is 3.42. The van der Waals surface area contributed by atoms with E-state index in [0.717, 1.165) is 23.9 Å². The fraction of sp³-hybridized carbons (Fsp3) is 0.444. The Balaban J connectivity index is 1.96. The topological polar surface area (TPSA) is 25.2 Å². The predicted octanol–water partition coefficient (Wildman–Crippen LogP) is 4.42. The van der Waals surface area contributed by atoms with E-state index in [0.29, 0.717) is 0 Å². The van der Waals surface area contributed by atoms with Gasteiger partial charge >= 0.3 is 0 Å². The summed E-state index contributed by atoms with van der Waals surface area (Å²) in [5.74, 6) is 2.82. The SMILES string of the molecule is CCc1ccc(C(NC)c2ccccc2C2CCC2)o1. The molecule has 3 rings (SSSR count). The molecule has 2 nitrogen and oxygen atoms in total. The second-order valence-electron chi connectivity index (χ2n) is 5.64. The molecule has 1 aromatic carbocycles. The Morgan fingerprint density at radius 1 is 1.20 bits per heavy atom. The highest BCUT2D eigenvalue weighted by molar-refractivity contribution is 5.38. The zero-order chi connectivity index (χ0) is 13.9. The van der Waals surface area contributed by atoms with Crippen LogP contribution in [0.3, 0.4) is 0 Å². The summed E-state index contributed by atoms with van der Waals surface area (Å²) in [6.07, 6.45) is 4.96. The van der Waals surface area contributed by atoms with Crippen molar-refractivity contribution in [2.24, 2.45) is 0 Å². The maximum atomic E-state index is 5.96. The summed E-state index contributed by atoms with van der Waals surface area (Å²) >= 11 is 0. The van der Waals surface area contributed by atoms with Crippen LogP contribution in [-0.2, 0) is 6.42 Å². The molecule has 1 unspecified atom stereocenters. The Kier molecular flexibility index (Phi) is 3.93. The lowest BCUT2D eigenvalue weighted by Crippen LogP contribution is -2.21. The van der Waals surface area contributed by atoms with Gasteiger partial charge in [0.05, 0.1) is 6.04 Å². The summed E-state index contributed by atoms with van der Waals surface area (Å²) in [6.45, 7) is 2.12. The average molecular weight is 269 g/mol. The van der Waals surface area contributed by atoms with Crippen LogP contribution in [0.15, 0.2) is 40.8 Å². The van der Waals surface area contributed by atoms with Gasteiger partial charge < -0.3 is 9.73 Å². The molecule has 0 radical (unpaired) electrons. The number of hydrogen-bond donors (Lipinski definition) is 1. The van der Waals surface area contributed by atoms with Gasteiger partial charge in [0.2, 0.25) is 0 Å². The Bertz CT molecular complexity index is 568. The highest BCUT2D eigenvalue weighted by Crippen LogP contribution is 2.40. The zero-order valence-corrected chi connectivity index (χ0v) is 12.4. The van der Waals surface area contributed by atoms with E-state index in [2.05, 4.69) is 48.6 Å². The molecule has 1 aliphatic carbocycles. The van der Waals surface area contributed by atoms with Gasteiger partial charge in [-0.2, -0.15) is 0 Å². The Morgan fingerprint density at radius 2 is 2.00 bits per heavy atom. The molecule has 106 valence electrons. The molecule has 1 atom stereocenters. The minimum Gasteiger partial charge on any atom is -0.464 e. The fourth-order valence-corrected chi connectivity index (χ4v) is 3.06. The van der Waals surface area contributed by atoms with Crippen LogP contribution in [0.2, 0.25) is 0 Å². The van der Waals surface area contributed by atoms with Crippen LogP contribution in [0, 0.1) is 0 Å². The summed E-state index contributed by atoms with van der Waals surface area (Å²) in [5.41, 5.74) is 2.87. The lowest BCUT2D eigenvalue weighted by atomic mass is 9.77. The first-order chi connectivity index (χ1) is 9.83. The second-order valence-corrected chi connectivity index (χ2v) is 5.64. The number of benzene rings is 1. The smallest absolute Gasteiger partial charge is 0.125 e. The number of rotatable bonds is 5. The van der Waals surface area contributed by atoms with Crippen molar-refractivity contribution < 1.29 is 4.42 Å². The van der Waals surface area contributed by atoms with Crippen LogP contribution in [0.1, 0.15) is 60.8 Å². The van der Waals surface area contributed by atoms with Crippen molar-refractivity contribution in [1.29, 1.82) is 0 Å². The van der Waals surface area contributed by atoms with Crippen LogP contribution in [-0.4, -0.2) is 7.05 Å². The molecule has 0 amide bonds. The quantitative estimate of drug-likeness (QED) is 0.869. The average Bonchev–Trinajstić information content (AvgIpc) is 2.88. The third kappa shape index (κ3) is 2.40. The first kappa shape index (κ1) is 13.4. The van der Waals surface area contributed by atoms with Crippen molar-refractivity contribution in [3.63, 3.8) is 0 Å². The number of aryl methyl sites for hydroxylation is 1. The van der Waals surface area contributed by atoms with E-state index in [1.165, 1.54) is 30.4 Å². The lowest BCUT2D eigenvalue weighted by molar-refractivity contribution is 0.404. The molecule has 0 spiro atoms. The number of nitrogens with one attached hydrogen (secondary N) is 1. The van der Waals surface area contributed by atoms with E-state index in [4.69, 9.17) is 4.42 Å². The third-order valence-electron chi connectivity index (χ3n) is 4.46. The van der Waals surface area contributed by atoms with E-state index < -0.39 is 0 Å². The monoisotopic (exact) mass is 269 g/mol. The maximum Gasteiger partial charge on any atom is 0.125 e. The Labute approximate surface area is 121 Å². The fourth-order valence-electron chi connectivity index (χ4n) is 3.06. The Hall–Kier alpha value is -1.54. The van der Waals surface area contributed by atoms with Crippen molar-refractivity contribution in [1.82, 2.24) is 5.32 Å². The van der Waals surface area contributed by atoms with Crippen molar-refractivity contribution in [2.75, 3.05) is 7.05 Å². The molecule has 2 heteroatoms. The van der Waals surface area contributed by atoms with E-state index in [9.17, 15) is 0 Å². The van der Waals surface area contributed by atoms with Gasteiger partial charge in [0.1, 0.15) is 11.5 Å². The summed E-state index contributed by atoms with van der Waals surface area (Å²) in [7, 11) is 2.01. The molecule has 2 aromatic rings. The zero-order valence-electron chi connectivity index (χ0n) is 12.4. The van der Waals surface area contributed by atoms with Crippen molar-refractivity contribution in [2.45, 2.75) is 44.6 Å². The molecule has 1 fully saturated rings. The minimum atomic E-state index is 0.159. The molecular formula is C18H23NO. The predicted molar refractivity (Wildman–Crippen MR) is 82.0 cm³/mol. The molecule has 1 heterocycles. The Morgan fingerprint density at radius 3 is 2.60 bits per heavy atom. The van der Waals surface area contributed by atoms with E-state index in [1.54, 1.807) is 0 Å². The van der Waals surface area contributed by atoms with E-state index >= 15 is 0 Å². The highest BCUT2D eigenvalue weighted by atomic mass is 16.3. The van der Waals surface area contributed by atoms with Gasteiger partial charge in [0.25, 0.3) is 0 Å². The van der Waals surface area contributed by atoms with Gasteiger partial charge in [-0.05, 0) is 49.1 Å². The third-order valence-corrected chi connectivity index (χ3v) is 4.46. The van der Waals surface area contributed by atoms with Gasteiger partial charge in [-0.25, -0.2) is 0 Å². The largest absolute Gasteiger partial charge is 0.464 e. The van der Waals surface area contributed by atoms with Crippen LogP contribution >= 0.6 is 0 Å². The van der Waals surface area contributed by atoms with E-state index in [1.807, 2.05) is 7.05 Å². The van der Waals surface area contributed by atoms with Gasteiger partial charge in [-0.3, -0.25) is 0 Å². The molecular weight excluding hydrogens is 246 g/mol. The molecule has 1 aliphatic rings. The highest BCUT2D eigenvalue weighted by Gasteiger charge is 2.26. The summed E-state index contributed by atoms with van der Waals surface area (Å²) in [4.78, 5) is 0. The van der Waals surface area contributed by atoms with E-state index in [-0.39, 0.29) is 6.04 Å². The number of furan rings is 1. The van der Waals surface area contributed by atoms with Crippen LogP contribution in [0.5, 0.6) is 0 Å². The summed E-state index contributed by atoms with van der Waals surface area (Å²) in [6, 6.07) is 13.2.